The van der Waals surface area contributed by atoms with Crippen LogP contribution in [0.4, 0.5) is 15.8 Å². The zero-order valence-electron chi connectivity index (χ0n) is 8.87. The molecule has 1 aliphatic rings. The first-order valence-electron chi connectivity index (χ1n) is 5.14. The maximum absolute atomic E-state index is 13.8. The van der Waals surface area contributed by atoms with Crippen LogP contribution in [0, 0.1) is 16.9 Å². The summed E-state index contributed by atoms with van der Waals surface area (Å²) in [5.41, 5.74) is 4.57. The van der Waals surface area contributed by atoms with E-state index in [0.29, 0.717) is 12.5 Å². The number of hydrogen-bond donors (Lipinski definition) is 3. The van der Waals surface area contributed by atoms with E-state index < -0.39 is 16.7 Å². The van der Waals surface area contributed by atoms with Gasteiger partial charge in [0, 0.05) is 6.07 Å². The van der Waals surface area contributed by atoms with Gasteiger partial charge < -0.3 is 15.7 Å². The summed E-state index contributed by atoms with van der Waals surface area (Å²) in [6.07, 6.45) is 2.11. The summed E-state index contributed by atoms with van der Waals surface area (Å²) >= 11 is 5.77. The minimum Gasteiger partial charge on any atom is -0.595 e. The highest BCUT2D eigenvalue weighted by Crippen LogP contribution is 2.37. The highest BCUT2D eigenvalue weighted by Gasteiger charge is 2.25. The molecule has 0 spiro atoms. The lowest BCUT2D eigenvalue weighted by Gasteiger charge is -2.17. The number of nitrogens with two attached hydrogens (primary N) is 1. The zero-order chi connectivity index (χ0) is 12.6. The lowest BCUT2D eigenvalue weighted by molar-refractivity contribution is -0.990. The van der Waals surface area contributed by atoms with Gasteiger partial charge in [0.2, 0.25) is 0 Å². The van der Waals surface area contributed by atoms with Crippen molar-refractivity contribution in [2.75, 3.05) is 12.3 Å². The Kier molecular flexibility index (Phi) is 3.39. The Labute approximate surface area is 102 Å². The standard InChI is InChI=1S/C10H12ClFN2O3/c11-6-3-7(14(15)16)9(13)8(12)10(6)17-4-5-1-2-5/h3,5,14-15H,1-2,4,13H2. The Bertz CT molecular complexity index is 438. The maximum Gasteiger partial charge on any atom is 0.195 e. The number of rotatable bonds is 4. The van der Waals surface area contributed by atoms with Crippen molar-refractivity contribution in [3.63, 3.8) is 0 Å². The number of benzene rings is 1. The minimum absolute atomic E-state index is 0.0743. The number of halogens is 2. The molecular formula is C10H12ClFN2O3. The SMILES string of the molecule is Nc1c([NH+]([O-])O)cc(Cl)c(OCC2CC2)c1F. The van der Waals surface area contributed by atoms with Crippen molar-refractivity contribution in [3.05, 3.63) is 22.1 Å². The van der Waals surface area contributed by atoms with Gasteiger partial charge >= 0.3 is 0 Å². The molecule has 2 rings (SSSR count). The average molecular weight is 263 g/mol. The van der Waals surface area contributed by atoms with Crippen LogP contribution in [0.5, 0.6) is 5.75 Å². The Hall–Kier alpha value is -1.08. The molecule has 4 N–H and O–H groups in total. The molecule has 1 fully saturated rings. The predicted octanol–water partition coefficient (Wildman–Crippen LogP) is 1.25. The highest BCUT2D eigenvalue weighted by atomic mass is 35.5. The van der Waals surface area contributed by atoms with E-state index in [9.17, 15) is 9.60 Å². The minimum atomic E-state index is -1.32. The van der Waals surface area contributed by atoms with Gasteiger partial charge in [-0.15, -0.1) is 0 Å². The molecule has 0 radical (unpaired) electrons. The molecule has 1 atom stereocenters. The molecule has 17 heavy (non-hydrogen) atoms. The van der Waals surface area contributed by atoms with Crippen molar-refractivity contribution in [1.82, 2.24) is 0 Å². The van der Waals surface area contributed by atoms with Gasteiger partial charge in [0.1, 0.15) is 5.69 Å². The van der Waals surface area contributed by atoms with Crippen LogP contribution in [0.15, 0.2) is 6.07 Å². The van der Waals surface area contributed by atoms with Crippen molar-refractivity contribution >= 4 is 23.0 Å². The van der Waals surface area contributed by atoms with Crippen LogP contribution in [-0.4, -0.2) is 11.8 Å². The Morgan fingerprint density at radius 2 is 2.29 bits per heavy atom. The molecule has 0 bridgehead atoms. The van der Waals surface area contributed by atoms with E-state index in [0.717, 1.165) is 18.9 Å². The lowest BCUT2D eigenvalue weighted by atomic mass is 10.2. The summed E-state index contributed by atoms with van der Waals surface area (Å²) in [5.74, 6) is -0.637. The number of quaternary nitrogens is 1. The van der Waals surface area contributed by atoms with E-state index in [-0.39, 0.29) is 16.5 Å². The van der Waals surface area contributed by atoms with Gasteiger partial charge in [0.25, 0.3) is 0 Å². The summed E-state index contributed by atoms with van der Waals surface area (Å²) < 4.78 is 19.0. The summed E-state index contributed by atoms with van der Waals surface area (Å²) in [6.45, 7) is 0.377. The van der Waals surface area contributed by atoms with Gasteiger partial charge in [-0.1, -0.05) is 11.6 Å². The van der Waals surface area contributed by atoms with E-state index in [1.165, 1.54) is 0 Å². The smallest absolute Gasteiger partial charge is 0.195 e. The zero-order valence-corrected chi connectivity index (χ0v) is 9.63. The second kappa shape index (κ2) is 4.66. The van der Waals surface area contributed by atoms with E-state index in [1.54, 1.807) is 0 Å². The largest absolute Gasteiger partial charge is 0.595 e. The molecule has 0 aliphatic heterocycles. The lowest BCUT2D eigenvalue weighted by Crippen LogP contribution is -2.99. The molecule has 1 saturated carbocycles. The first-order chi connectivity index (χ1) is 8.00. The predicted molar refractivity (Wildman–Crippen MR) is 59.8 cm³/mol. The molecule has 0 aromatic heterocycles. The molecule has 1 aromatic rings. The summed E-state index contributed by atoms with van der Waals surface area (Å²) in [6, 6.07) is 1.10. The van der Waals surface area contributed by atoms with Gasteiger partial charge in [-0.05, 0) is 18.8 Å². The second-order valence-corrected chi connectivity index (χ2v) is 4.43. The summed E-state index contributed by atoms with van der Waals surface area (Å²) in [4.78, 5) is 0. The van der Waals surface area contributed by atoms with Gasteiger partial charge in [-0.3, -0.25) is 0 Å². The van der Waals surface area contributed by atoms with E-state index >= 15 is 0 Å². The van der Waals surface area contributed by atoms with Crippen LogP contribution in [0.25, 0.3) is 0 Å². The fraction of sp³-hybridized carbons (Fsp3) is 0.400. The van der Waals surface area contributed by atoms with E-state index in [2.05, 4.69) is 0 Å². The number of anilines is 1. The molecule has 1 unspecified atom stereocenters. The van der Waals surface area contributed by atoms with Gasteiger partial charge in [0.05, 0.1) is 11.6 Å². The first kappa shape index (κ1) is 12.4. The molecule has 94 valence electrons. The normalized spacial score (nSPS) is 16.9. The van der Waals surface area contributed by atoms with Gasteiger partial charge in [-0.2, -0.15) is 5.23 Å². The maximum atomic E-state index is 13.8. The Balaban J connectivity index is 2.28. The number of hydrogen-bond acceptors (Lipinski definition) is 4. The Morgan fingerprint density at radius 1 is 1.65 bits per heavy atom. The highest BCUT2D eigenvalue weighted by molar-refractivity contribution is 6.32. The molecule has 5 nitrogen and oxygen atoms in total. The molecule has 1 aliphatic carbocycles. The quantitative estimate of drug-likeness (QED) is 0.563. The average Bonchev–Trinajstić information content (AvgIpc) is 3.06. The van der Waals surface area contributed by atoms with E-state index in [4.69, 9.17) is 27.3 Å². The van der Waals surface area contributed by atoms with Crippen LogP contribution in [0.3, 0.4) is 0 Å². The van der Waals surface area contributed by atoms with E-state index in [1.807, 2.05) is 0 Å². The van der Waals surface area contributed by atoms with Crippen molar-refractivity contribution in [2.45, 2.75) is 12.8 Å². The molecular weight excluding hydrogens is 251 g/mol. The number of ether oxygens (including phenoxy) is 1. The third kappa shape index (κ3) is 2.61. The summed E-state index contributed by atoms with van der Waals surface area (Å²) in [5, 5.41) is 18.2. The molecule has 1 aromatic carbocycles. The third-order valence-electron chi connectivity index (χ3n) is 2.60. The van der Waals surface area contributed by atoms with Crippen LogP contribution in [0.2, 0.25) is 5.02 Å². The monoisotopic (exact) mass is 262 g/mol. The van der Waals surface area contributed by atoms with Crippen LogP contribution < -0.4 is 15.7 Å². The number of nitrogen functional groups attached to an aromatic ring is 1. The van der Waals surface area contributed by atoms with Crippen molar-refractivity contribution < 1.29 is 19.6 Å². The fourth-order valence-electron chi connectivity index (χ4n) is 1.41. The van der Waals surface area contributed by atoms with Gasteiger partial charge in [0.15, 0.2) is 17.3 Å². The molecule has 7 heteroatoms. The van der Waals surface area contributed by atoms with Gasteiger partial charge in [-0.25, -0.2) is 9.60 Å². The van der Waals surface area contributed by atoms with Crippen LogP contribution >= 0.6 is 11.6 Å². The second-order valence-electron chi connectivity index (χ2n) is 4.02. The molecule has 0 saturated heterocycles. The van der Waals surface area contributed by atoms with Crippen molar-refractivity contribution in [3.8, 4) is 5.75 Å². The van der Waals surface area contributed by atoms with Crippen LogP contribution in [0.1, 0.15) is 12.8 Å². The number of nitrogens with one attached hydrogen (secondary N) is 1. The molecule has 0 heterocycles. The molecule has 0 amide bonds. The fourth-order valence-corrected chi connectivity index (χ4v) is 1.66. The topological polar surface area (TPSA) is 83.0 Å². The van der Waals surface area contributed by atoms with Crippen molar-refractivity contribution in [2.24, 2.45) is 5.92 Å². The summed E-state index contributed by atoms with van der Waals surface area (Å²) in [7, 11) is 0. The Morgan fingerprint density at radius 3 is 2.82 bits per heavy atom. The van der Waals surface area contributed by atoms with Crippen LogP contribution in [-0.2, 0) is 0 Å². The van der Waals surface area contributed by atoms with Crippen molar-refractivity contribution in [1.29, 1.82) is 0 Å². The third-order valence-corrected chi connectivity index (χ3v) is 2.89. The first-order valence-corrected chi connectivity index (χ1v) is 5.52.